The van der Waals surface area contributed by atoms with Crippen LogP contribution in [0.15, 0.2) is 57.9 Å². The standard InChI is InChI=1S/C21H23N3O5S/c1-15-6-4-5-7-19(15)28-14-21-22-20(23-29-21)12-13-24(3)30(26,27)18-10-8-17(9-11-18)16(2)25/h4-11H,12-14H2,1-3H3. The van der Waals surface area contributed by atoms with Crippen LogP contribution in [0.3, 0.4) is 0 Å². The largest absolute Gasteiger partial charge is 0.483 e. The molecule has 0 N–H and O–H groups in total. The van der Waals surface area contributed by atoms with Crippen molar-refractivity contribution in [1.29, 1.82) is 0 Å². The molecule has 1 heterocycles. The van der Waals surface area contributed by atoms with Gasteiger partial charge in [-0.05, 0) is 37.6 Å². The fourth-order valence-electron chi connectivity index (χ4n) is 2.73. The van der Waals surface area contributed by atoms with Crippen molar-refractivity contribution >= 4 is 15.8 Å². The SMILES string of the molecule is CC(=O)c1ccc(S(=O)(=O)N(C)CCc2noc(COc3ccccc3C)n2)cc1. The van der Waals surface area contributed by atoms with Crippen LogP contribution >= 0.6 is 0 Å². The summed E-state index contributed by atoms with van der Waals surface area (Å²) >= 11 is 0. The molecule has 0 aliphatic heterocycles. The third-order valence-corrected chi connectivity index (χ3v) is 6.45. The number of benzene rings is 2. The van der Waals surface area contributed by atoms with Gasteiger partial charge in [-0.3, -0.25) is 4.79 Å². The molecule has 1 aromatic heterocycles. The van der Waals surface area contributed by atoms with Gasteiger partial charge in [-0.1, -0.05) is 35.5 Å². The van der Waals surface area contributed by atoms with Crippen molar-refractivity contribution in [3.63, 3.8) is 0 Å². The Morgan fingerprint density at radius 2 is 1.83 bits per heavy atom. The maximum absolute atomic E-state index is 12.7. The summed E-state index contributed by atoms with van der Waals surface area (Å²) in [6.45, 7) is 3.68. The third-order valence-electron chi connectivity index (χ3n) is 4.57. The number of hydrogen-bond acceptors (Lipinski definition) is 7. The van der Waals surface area contributed by atoms with E-state index in [1.807, 2.05) is 31.2 Å². The number of hydrogen-bond donors (Lipinski definition) is 0. The molecule has 0 radical (unpaired) electrons. The Morgan fingerprint density at radius 1 is 1.13 bits per heavy atom. The van der Waals surface area contributed by atoms with E-state index in [-0.39, 0.29) is 30.3 Å². The van der Waals surface area contributed by atoms with E-state index in [0.29, 0.717) is 17.3 Å². The molecule has 0 spiro atoms. The van der Waals surface area contributed by atoms with Crippen molar-refractivity contribution in [2.75, 3.05) is 13.6 Å². The smallest absolute Gasteiger partial charge is 0.264 e. The highest BCUT2D eigenvalue weighted by atomic mass is 32.2. The molecule has 30 heavy (non-hydrogen) atoms. The van der Waals surface area contributed by atoms with Gasteiger partial charge >= 0.3 is 0 Å². The van der Waals surface area contributed by atoms with Crippen LogP contribution in [0.1, 0.15) is 34.6 Å². The molecule has 0 aliphatic carbocycles. The molecule has 9 heteroatoms. The molecular weight excluding hydrogens is 406 g/mol. The fraction of sp³-hybridized carbons (Fsp3) is 0.286. The Kier molecular flexibility index (Phi) is 6.63. The zero-order chi connectivity index (χ0) is 21.7. The van der Waals surface area contributed by atoms with E-state index in [2.05, 4.69) is 10.1 Å². The molecule has 0 saturated carbocycles. The monoisotopic (exact) mass is 429 g/mol. The van der Waals surface area contributed by atoms with E-state index in [0.717, 1.165) is 11.3 Å². The first-order chi connectivity index (χ1) is 14.3. The van der Waals surface area contributed by atoms with Crippen LogP contribution < -0.4 is 4.74 Å². The molecular formula is C21H23N3O5S. The zero-order valence-corrected chi connectivity index (χ0v) is 17.8. The quantitative estimate of drug-likeness (QED) is 0.482. The van der Waals surface area contributed by atoms with Gasteiger partial charge in [0.05, 0.1) is 4.90 Å². The van der Waals surface area contributed by atoms with Crippen LogP contribution in [0.5, 0.6) is 5.75 Å². The molecule has 0 fully saturated rings. The number of Topliss-reactive ketones (excluding diaryl/α,β-unsaturated/α-hetero) is 1. The third kappa shape index (κ3) is 5.11. The average molecular weight is 429 g/mol. The lowest BCUT2D eigenvalue weighted by Crippen LogP contribution is -2.29. The summed E-state index contributed by atoms with van der Waals surface area (Å²) < 4.78 is 37.4. The molecule has 0 saturated heterocycles. The van der Waals surface area contributed by atoms with Crippen molar-refractivity contribution in [3.05, 3.63) is 71.4 Å². The minimum absolute atomic E-state index is 0.119. The molecule has 0 bridgehead atoms. The summed E-state index contributed by atoms with van der Waals surface area (Å²) in [5, 5.41) is 3.88. The highest BCUT2D eigenvalue weighted by Gasteiger charge is 2.21. The number of carbonyl (C=O) groups is 1. The Hall–Kier alpha value is -3.04. The second-order valence-corrected chi connectivity index (χ2v) is 8.86. The lowest BCUT2D eigenvalue weighted by Gasteiger charge is -2.16. The van der Waals surface area contributed by atoms with Gasteiger partial charge in [0.1, 0.15) is 5.75 Å². The van der Waals surface area contributed by atoms with Gasteiger partial charge in [-0.25, -0.2) is 12.7 Å². The van der Waals surface area contributed by atoms with Gasteiger partial charge in [-0.2, -0.15) is 4.98 Å². The summed E-state index contributed by atoms with van der Waals surface area (Å²) in [6, 6.07) is 13.5. The maximum atomic E-state index is 12.7. The summed E-state index contributed by atoms with van der Waals surface area (Å²) in [5.41, 5.74) is 1.46. The predicted molar refractivity (Wildman–Crippen MR) is 110 cm³/mol. The number of carbonyl (C=O) groups excluding carboxylic acids is 1. The van der Waals surface area contributed by atoms with E-state index in [1.165, 1.54) is 42.5 Å². The molecule has 8 nitrogen and oxygen atoms in total. The summed E-state index contributed by atoms with van der Waals surface area (Å²) in [7, 11) is -2.20. The molecule has 3 rings (SSSR count). The van der Waals surface area contributed by atoms with Crippen LogP contribution in [0.4, 0.5) is 0 Å². The van der Waals surface area contributed by atoms with E-state index in [4.69, 9.17) is 9.26 Å². The number of aryl methyl sites for hydroxylation is 1. The van der Waals surface area contributed by atoms with Gasteiger partial charge in [0.15, 0.2) is 18.2 Å². The molecule has 0 unspecified atom stereocenters. The lowest BCUT2D eigenvalue weighted by atomic mass is 10.2. The Balaban J connectivity index is 1.57. The van der Waals surface area contributed by atoms with Crippen molar-refractivity contribution in [1.82, 2.24) is 14.4 Å². The average Bonchev–Trinajstić information content (AvgIpc) is 3.19. The van der Waals surface area contributed by atoms with Crippen molar-refractivity contribution in [3.8, 4) is 5.75 Å². The molecule has 158 valence electrons. The van der Waals surface area contributed by atoms with Crippen LogP contribution in [0, 0.1) is 6.92 Å². The molecule has 3 aromatic rings. The highest BCUT2D eigenvalue weighted by molar-refractivity contribution is 7.89. The second-order valence-electron chi connectivity index (χ2n) is 6.82. The van der Waals surface area contributed by atoms with E-state index < -0.39 is 10.0 Å². The first kappa shape index (κ1) is 21.7. The number of para-hydroxylation sites is 1. The van der Waals surface area contributed by atoms with Gasteiger partial charge in [-0.15, -0.1) is 0 Å². The fourth-order valence-corrected chi connectivity index (χ4v) is 3.90. The number of ketones is 1. The second kappa shape index (κ2) is 9.19. The molecule has 0 atom stereocenters. The number of ether oxygens (including phenoxy) is 1. The van der Waals surface area contributed by atoms with Crippen molar-refractivity contribution in [2.24, 2.45) is 0 Å². The maximum Gasteiger partial charge on any atom is 0.264 e. The van der Waals surface area contributed by atoms with Crippen LogP contribution in [-0.2, 0) is 23.1 Å². The predicted octanol–water partition coefficient (Wildman–Crippen LogP) is 3.02. The molecule has 2 aromatic carbocycles. The summed E-state index contributed by atoms with van der Waals surface area (Å²) in [5.74, 6) is 1.33. The number of nitrogens with zero attached hydrogens (tertiary/aromatic N) is 3. The lowest BCUT2D eigenvalue weighted by molar-refractivity contribution is 0.101. The zero-order valence-electron chi connectivity index (χ0n) is 17.0. The van der Waals surface area contributed by atoms with Crippen molar-refractivity contribution < 1.29 is 22.5 Å². The summed E-state index contributed by atoms with van der Waals surface area (Å²) in [4.78, 5) is 15.7. The van der Waals surface area contributed by atoms with Crippen LogP contribution in [-0.4, -0.2) is 42.2 Å². The number of sulfonamides is 1. The number of likely N-dealkylation sites (N-methyl/N-ethyl adjacent to an activating group) is 1. The van der Waals surface area contributed by atoms with Gasteiger partial charge < -0.3 is 9.26 Å². The Morgan fingerprint density at radius 3 is 2.50 bits per heavy atom. The normalized spacial score (nSPS) is 11.6. The van der Waals surface area contributed by atoms with Crippen molar-refractivity contribution in [2.45, 2.75) is 31.8 Å². The topological polar surface area (TPSA) is 103 Å². The van der Waals surface area contributed by atoms with Gasteiger partial charge in [0, 0.05) is 25.6 Å². The van der Waals surface area contributed by atoms with Gasteiger partial charge in [0.2, 0.25) is 10.0 Å². The summed E-state index contributed by atoms with van der Waals surface area (Å²) in [6.07, 6.45) is 0.287. The highest BCUT2D eigenvalue weighted by Crippen LogP contribution is 2.18. The minimum Gasteiger partial charge on any atom is -0.483 e. The Bertz CT molecular complexity index is 1120. The van der Waals surface area contributed by atoms with Gasteiger partial charge in [0.25, 0.3) is 5.89 Å². The minimum atomic E-state index is -3.68. The first-order valence-corrected chi connectivity index (χ1v) is 10.8. The Labute approximate surface area is 175 Å². The number of rotatable bonds is 9. The van der Waals surface area contributed by atoms with E-state index in [1.54, 1.807) is 0 Å². The molecule has 0 aliphatic rings. The molecule has 0 amide bonds. The van der Waals surface area contributed by atoms with E-state index >= 15 is 0 Å². The first-order valence-electron chi connectivity index (χ1n) is 9.34. The van der Waals surface area contributed by atoms with Crippen LogP contribution in [0.2, 0.25) is 0 Å². The van der Waals surface area contributed by atoms with Crippen LogP contribution in [0.25, 0.3) is 0 Å². The number of aromatic nitrogens is 2. The van der Waals surface area contributed by atoms with E-state index in [9.17, 15) is 13.2 Å².